The van der Waals surface area contributed by atoms with Crippen LogP contribution in [0.3, 0.4) is 0 Å². The van der Waals surface area contributed by atoms with E-state index in [2.05, 4.69) is 6.92 Å². The van der Waals surface area contributed by atoms with Gasteiger partial charge in [0.05, 0.1) is 0 Å². The molecule has 3 heteroatoms. The van der Waals surface area contributed by atoms with Crippen LogP contribution in [0.25, 0.3) is 0 Å². The lowest BCUT2D eigenvalue weighted by Crippen LogP contribution is -2.36. The Kier molecular flexibility index (Phi) is 3.19. The second-order valence-electron chi connectivity index (χ2n) is 1.44. The number of rotatable bonds is 2. The van der Waals surface area contributed by atoms with Crippen LogP contribution in [0.2, 0.25) is 0 Å². The first-order chi connectivity index (χ1) is 3.72. The van der Waals surface area contributed by atoms with E-state index in [-0.39, 0.29) is 5.91 Å². The third-order valence-electron chi connectivity index (χ3n) is 0.864. The molecule has 0 aromatic rings. The molecule has 0 fully saturated rings. The van der Waals surface area contributed by atoms with Crippen LogP contribution < -0.4 is 5.84 Å². The predicted octanol–water partition coefficient (Wildman–Crippen LogP) is -0.0672. The molecule has 0 aromatic carbocycles. The number of hydrogen-bond acceptors (Lipinski definition) is 2. The fraction of sp³-hybridized carbons (Fsp3) is 0.600. The molecule has 0 bridgehead atoms. The lowest BCUT2D eigenvalue weighted by molar-refractivity contribution is -0.130. The molecule has 0 aliphatic rings. The van der Waals surface area contributed by atoms with Crippen LogP contribution in [0.1, 0.15) is 13.3 Å². The number of nitrogens with zero attached hydrogens (tertiary/aromatic N) is 1. The maximum atomic E-state index is 10.5. The molecular weight excluding hydrogens is 104 g/mol. The highest BCUT2D eigenvalue weighted by Gasteiger charge is 2.00. The summed E-state index contributed by atoms with van der Waals surface area (Å²) in [6.07, 6.45) is 0.450. The molecule has 0 rings (SSSR count). The van der Waals surface area contributed by atoms with Gasteiger partial charge in [-0.15, -0.1) is 0 Å². The van der Waals surface area contributed by atoms with Crippen molar-refractivity contribution in [2.45, 2.75) is 13.3 Å². The molecule has 0 heterocycles. The Morgan fingerprint density at radius 1 is 1.88 bits per heavy atom. The summed E-state index contributed by atoms with van der Waals surface area (Å²) in [6.45, 7) is 5.54. The van der Waals surface area contributed by atoms with E-state index in [1.807, 2.05) is 0 Å². The van der Waals surface area contributed by atoms with Crippen molar-refractivity contribution < 1.29 is 4.79 Å². The second kappa shape index (κ2) is 3.43. The third-order valence-corrected chi connectivity index (χ3v) is 0.864. The van der Waals surface area contributed by atoms with Crippen molar-refractivity contribution in [3.8, 4) is 0 Å². The standard InChI is InChI=1S/C5H11N2O/c1-3-5(8)7(6)4-2/h2-4,6H2,1H3. The Hall–Kier alpha value is -0.570. The lowest BCUT2D eigenvalue weighted by Gasteiger charge is -2.10. The van der Waals surface area contributed by atoms with Gasteiger partial charge in [-0.25, -0.2) is 5.84 Å². The van der Waals surface area contributed by atoms with Crippen molar-refractivity contribution in [3.63, 3.8) is 0 Å². The van der Waals surface area contributed by atoms with E-state index >= 15 is 0 Å². The first-order valence-corrected chi connectivity index (χ1v) is 2.56. The summed E-state index contributed by atoms with van der Waals surface area (Å²) in [5.74, 6) is 5.08. The van der Waals surface area contributed by atoms with E-state index in [1.165, 1.54) is 0 Å². The molecule has 0 saturated carbocycles. The van der Waals surface area contributed by atoms with Gasteiger partial charge in [-0.05, 0) is 6.92 Å². The first-order valence-electron chi connectivity index (χ1n) is 2.56. The SMILES string of the molecule is [CH2]CN(N)C(=O)CC. The molecule has 0 aliphatic carbocycles. The van der Waals surface area contributed by atoms with Crippen LogP contribution in [0.15, 0.2) is 0 Å². The smallest absolute Gasteiger partial charge is 0.236 e. The molecule has 8 heavy (non-hydrogen) atoms. The Labute approximate surface area is 49.4 Å². The van der Waals surface area contributed by atoms with Gasteiger partial charge in [0.15, 0.2) is 0 Å². The number of carbonyl (C=O) groups is 1. The zero-order chi connectivity index (χ0) is 6.57. The fourth-order valence-electron chi connectivity index (χ4n) is 0.328. The highest BCUT2D eigenvalue weighted by atomic mass is 16.2. The van der Waals surface area contributed by atoms with Gasteiger partial charge in [-0.3, -0.25) is 9.80 Å². The minimum atomic E-state index is -0.0694. The molecule has 0 saturated heterocycles. The molecule has 47 valence electrons. The highest BCUT2D eigenvalue weighted by Crippen LogP contribution is 1.82. The average Bonchev–Trinajstić information content (AvgIpc) is 1.84. The van der Waals surface area contributed by atoms with Crippen molar-refractivity contribution in [1.82, 2.24) is 5.01 Å². The Bertz CT molecular complexity index is 82.5. The number of nitrogens with two attached hydrogens (primary N) is 1. The van der Waals surface area contributed by atoms with Gasteiger partial charge < -0.3 is 0 Å². The predicted molar refractivity (Wildman–Crippen MR) is 31.5 cm³/mol. The fourth-order valence-corrected chi connectivity index (χ4v) is 0.328. The Morgan fingerprint density at radius 3 is 2.50 bits per heavy atom. The van der Waals surface area contributed by atoms with Gasteiger partial charge in [0.2, 0.25) is 5.91 Å². The summed E-state index contributed by atoms with van der Waals surface area (Å²) in [4.78, 5) is 10.5. The van der Waals surface area contributed by atoms with Crippen molar-refractivity contribution >= 4 is 5.91 Å². The lowest BCUT2D eigenvalue weighted by atomic mass is 10.4. The zero-order valence-corrected chi connectivity index (χ0v) is 5.05. The molecule has 0 aromatic heterocycles. The van der Waals surface area contributed by atoms with Gasteiger partial charge in [0.1, 0.15) is 0 Å². The maximum Gasteiger partial charge on any atom is 0.236 e. The van der Waals surface area contributed by atoms with Crippen LogP contribution in [0, 0.1) is 6.92 Å². The average molecular weight is 115 g/mol. The summed E-state index contributed by atoms with van der Waals surface area (Å²) in [6, 6.07) is 0. The van der Waals surface area contributed by atoms with Gasteiger partial charge in [0, 0.05) is 13.0 Å². The van der Waals surface area contributed by atoms with Crippen LogP contribution in [-0.2, 0) is 4.79 Å². The molecule has 0 atom stereocenters. The van der Waals surface area contributed by atoms with E-state index in [4.69, 9.17) is 5.84 Å². The minimum Gasteiger partial charge on any atom is -0.281 e. The molecular formula is C5H11N2O. The van der Waals surface area contributed by atoms with E-state index in [9.17, 15) is 4.79 Å². The van der Waals surface area contributed by atoms with Crippen molar-refractivity contribution in [1.29, 1.82) is 0 Å². The maximum absolute atomic E-state index is 10.5. The monoisotopic (exact) mass is 115 g/mol. The van der Waals surface area contributed by atoms with Gasteiger partial charge in [0.25, 0.3) is 0 Å². The summed E-state index contributed by atoms with van der Waals surface area (Å²) >= 11 is 0. The van der Waals surface area contributed by atoms with Crippen LogP contribution in [0.5, 0.6) is 0 Å². The Balaban J connectivity index is 3.46. The summed E-state index contributed by atoms with van der Waals surface area (Å²) < 4.78 is 0. The summed E-state index contributed by atoms with van der Waals surface area (Å²) in [5.41, 5.74) is 0. The number of hydrazine groups is 1. The molecule has 2 N–H and O–H groups in total. The van der Waals surface area contributed by atoms with Crippen LogP contribution in [-0.4, -0.2) is 17.5 Å². The molecule has 0 aliphatic heterocycles. The summed E-state index contributed by atoms with van der Waals surface area (Å²) in [7, 11) is 0. The highest BCUT2D eigenvalue weighted by molar-refractivity contribution is 5.75. The molecule has 1 radical (unpaired) electrons. The van der Waals surface area contributed by atoms with E-state index in [0.717, 1.165) is 5.01 Å². The molecule has 1 amide bonds. The van der Waals surface area contributed by atoms with Gasteiger partial charge >= 0.3 is 0 Å². The number of hydrogen-bond donors (Lipinski definition) is 1. The normalized spacial score (nSPS) is 8.88. The third kappa shape index (κ3) is 1.93. The van der Waals surface area contributed by atoms with E-state index in [1.54, 1.807) is 6.92 Å². The minimum absolute atomic E-state index is 0.0694. The van der Waals surface area contributed by atoms with Gasteiger partial charge in [-0.1, -0.05) is 6.92 Å². The van der Waals surface area contributed by atoms with Crippen molar-refractivity contribution in [3.05, 3.63) is 6.92 Å². The topological polar surface area (TPSA) is 46.3 Å². The molecule has 3 nitrogen and oxygen atoms in total. The zero-order valence-electron chi connectivity index (χ0n) is 5.05. The molecule has 0 unspecified atom stereocenters. The summed E-state index contributed by atoms with van der Waals surface area (Å²) in [5, 5.41) is 1.10. The van der Waals surface area contributed by atoms with Crippen molar-refractivity contribution in [2.75, 3.05) is 6.54 Å². The molecule has 0 spiro atoms. The largest absolute Gasteiger partial charge is 0.281 e. The second-order valence-corrected chi connectivity index (χ2v) is 1.44. The van der Waals surface area contributed by atoms with Crippen molar-refractivity contribution in [2.24, 2.45) is 5.84 Å². The van der Waals surface area contributed by atoms with E-state index < -0.39 is 0 Å². The number of amides is 1. The van der Waals surface area contributed by atoms with Gasteiger partial charge in [-0.2, -0.15) is 0 Å². The quantitative estimate of drug-likeness (QED) is 0.311. The van der Waals surface area contributed by atoms with Crippen LogP contribution in [0.4, 0.5) is 0 Å². The first kappa shape index (κ1) is 7.43. The number of carbonyl (C=O) groups excluding carboxylic acids is 1. The van der Waals surface area contributed by atoms with E-state index in [0.29, 0.717) is 13.0 Å². The Morgan fingerprint density at radius 2 is 2.38 bits per heavy atom. The van der Waals surface area contributed by atoms with Crippen LogP contribution >= 0.6 is 0 Å².